The zero-order valence-electron chi connectivity index (χ0n) is 11.5. The van der Waals surface area contributed by atoms with E-state index < -0.39 is 0 Å². The summed E-state index contributed by atoms with van der Waals surface area (Å²) in [4.78, 5) is 2.48. The van der Waals surface area contributed by atoms with E-state index in [2.05, 4.69) is 29.2 Å². The molecule has 0 aromatic heterocycles. The van der Waals surface area contributed by atoms with E-state index >= 15 is 0 Å². The molecule has 3 heteroatoms. The highest BCUT2D eigenvalue weighted by molar-refractivity contribution is 5.13. The maximum atomic E-state index is 5.83. The highest BCUT2D eigenvalue weighted by Crippen LogP contribution is 2.35. The lowest BCUT2D eigenvalue weighted by Crippen LogP contribution is -2.44. The van der Waals surface area contributed by atoms with Gasteiger partial charge < -0.3 is 9.47 Å². The Morgan fingerprint density at radius 2 is 2.05 bits per heavy atom. The van der Waals surface area contributed by atoms with Crippen LogP contribution in [0.4, 0.5) is 0 Å². The molecule has 0 N–H and O–H groups in total. The molecule has 0 unspecified atom stereocenters. The number of ether oxygens (including phenoxy) is 2. The van der Waals surface area contributed by atoms with Crippen molar-refractivity contribution in [2.24, 2.45) is 5.92 Å². The maximum Gasteiger partial charge on any atom is 0.0730 e. The van der Waals surface area contributed by atoms with Gasteiger partial charge in [0, 0.05) is 19.6 Å². The normalized spacial score (nSPS) is 24.5. The average molecular weight is 261 g/mol. The second kappa shape index (κ2) is 6.51. The van der Waals surface area contributed by atoms with Crippen molar-refractivity contribution in [2.45, 2.75) is 25.6 Å². The topological polar surface area (TPSA) is 21.7 Å². The summed E-state index contributed by atoms with van der Waals surface area (Å²) in [5, 5.41) is 0. The number of hydrogen-bond acceptors (Lipinski definition) is 3. The number of benzene rings is 1. The zero-order chi connectivity index (χ0) is 12.9. The van der Waals surface area contributed by atoms with Gasteiger partial charge in [0.25, 0.3) is 0 Å². The predicted molar refractivity (Wildman–Crippen MR) is 75.0 cm³/mol. The third-order valence-corrected chi connectivity index (χ3v) is 3.99. The third-order valence-electron chi connectivity index (χ3n) is 3.99. The van der Waals surface area contributed by atoms with Crippen LogP contribution in [-0.4, -0.2) is 43.9 Å². The van der Waals surface area contributed by atoms with E-state index in [-0.39, 0.29) is 0 Å². The van der Waals surface area contributed by atoms with Gasteiger partial charge in [0.2, 0.25) is 0 Å². The van der Waals surface area contributed by atoms with Gasteiger partial charge in [0.15, 0.2) is 0 Å². The summed E-state index contributed by atoms with van der Waals surface area (Å²) in [7, 11) is 0. The molecule has 2 aliphatic rings. The number of morpholine rings is 1. The minimum Gasteiger partial charge on any atom is -0.375 e. The number of hydrogen-bond donors (Lipinski definition) is 0. The Balaban J connectivity index is 1.33. The summed E-state index contributed by atoms with van der Waals surface area (Å²) < 4.78 is 11.6. The summed E-state index contributed by atoms with van der Waals surface area (Å²) in [6.07, 6.45) is 3.22. The Morgan fingerprint density at radius 1 is 1.21 bits per heavy atom. The van der Waals surface area contributed by atoms with Gasteiger partial charge in [0.05, 0.1) is 25.9 Å². The van der Waals surface area contributed by atoms with Crippen LogP contribution in [0.25, 0.3) is 0 Å². The molecule has 1 heterocycles. The van der Waals surface area contributed by atoms with Crippen LogP contribution in [0.2, 0.25) is 0 Å². The first-order valence-corrected chi connectivity index (χ1v) is 7.37. The fourth-order valence-corrected chi connectivity index (χ4v) is 2.65. The number of rotatable bonds is 6. The molecule has 3 rings (SSSR count). The van der Waals surface area contributed by atoms with Crippen LogP contribution in [0.1, 0.15) is 18.4 Å². The molecule has 1 saturated heterocycles. The first-order valence-electron chi connectivity index (χ1n) is 7.37. The van der Waals surface area contributed by atoms with E-state index in [4.69, 9.17) is 9.47 Å². The fraction of sp³-hybridized carbons (Fsp3) is 0.625. The molecule has 104 valence electrons. The van der Waals surface area contributed by atoms with Gasteiger partial charge in [-0.3, -0.25) is 4.90 Å². The van der Waals surface area contributed by atoms with E-state index in [9.17, 15) is 0 Å². The molecule has 3 nitrogen and oxygen atoms in total. The van der Waals surface area contributed by atoms with Crippen LogP contribution in [0.15, 0.2) is 30.3 Å². The highest BCUT2D eigenvalue weighted by atomic mass is 16.5. The van der Waals surface area contributed by atoms with Gasteiger partial charge >= 0.3 is 0 Å². The van der Waals surface area contributed by atoms with Crippen molar-refractivity contribution in [3.63, 3.8) is 0 Å². The van der Waals surface area contributed by atoms with Crippen molar-refractivity contribution < 1.29 is 9.47 Å². The van der Waals surface area contributed by atoms with Gasteiger partial charge in [-0.15, -0.1) is 0 Å². The summed E-state index contributed by atoms with van der Waals surface area (Å²) in [5.41, 5.74) is 1.25. The summed E-state index contributed by atoms with van der Waals surface area (Å²) >= 11 is 0. The lowest BCUT2D eigenvalue weighted by molar-refractivity contribution is -0.0466. The van der Waals surface area contributed by atoms with Crippen molar-refractivity contribution in [3.05, 3.63) is 35.9 Å². The van der Waals surface area contributed by atoms with Crippen LogP contribution in [-0.2, 0) is 16.1 Å². The Hall–Kier alpha value is -0.900. The molecular formula is C16H23NO2. The summed E-state index contributed by atoms with van der Waals surface area (Å²) in [6.45, 7) is 5.60. The van der Waals surface area contributed by atoms with E-state index in [0.29, 0.717) is 6.10 Å². The van der Waals surface area contributed by atoms with Crippen molar-refractivity contribution >= 4 is 0 Å². The average Bonchev–Trinajstić information content (AvgIpc) is 3.30. The van der Waals surface area contributed by atoms with Crippen LogP contribution in [0.3, 0.4) is 0 Å². The van der Waals surface area contributed by atoms with Crippen LogP contribution < -0.4 is 0 Å². The van der Waals surface area contributed by atoms with Gasteiger partial charge in [-0.25, -0.2) is 0 Å². The molecule has 1 aliphatic heterocycles. The molecule has 19 heavy (non-hydrogen) atoms. The monoisotopic (exact) mass is 261 g/mol. The van der Waals surface area contributed by atoms with Gasteiger partial charge in [-0.05, 0) is 24.3 Å². The Labute approximate surface area is 115 Å². The molecule has 1 saturated carbocycles. The van der Waals surface area contributed by atoms with Gasteiger partial charge in [-0.2, -0.15) is 0 Å². The lowest BCUT2D eigenvalue weighted by atomic mass is 10.2. The van der Waals surface area contributed by atoms with Crippen molar-refractivity contribution in [2.75, 3.05) is 32.8 Å². The quantitative estimate of drug-likeness (QED) is 0.734. The SMILES string of the molecule is c1ccc(COCCN2CCO[C@H](C3CC3)C2)cc1. The van der Waals surface area contributed by atoms with Gasteiger partial charge in [-0.1, -0.05) is 30.3 Å². The first kappa shape index (κ1) is 13.1. The van der Waals surface area contributed by atoms with E-state index in [1.54, 1.807) is 0 Å². The summed E-state index contributed by atoms with van der Waals surface area (Å²) in [6, 6.07) is 10.4. The minimum absolute atomic E-state index is 0.489. The van der Waals surface area contributed by atoms with Crippen molar-refractivity contribution in [1.82, 2.24) is 4.90 Å². The number of nitrogens with zero attached hydrogens (tertiary/aromatic N) is 1. The predicted octanol–water partition coefficient (Wildman–Crippen LogP) is 2.31. The van der Waals surface area contributed by atoms with E-state index in [1.165, 1.54) is 18.4 Å². The Kier molecular flexibility index (Phi) is 4.49. The highest BCUT2D eigenvalue weighted by Gasteiger charge is 2.34. The first-order chi connectivity index (χ1) is 9.42. The van der Waals surface area contributed by atoms with Crippen LogP contribution in [0, 0.1) is 5.92 Å². The molecule has 1 aliphatic carbocycles. The molecule has 1 aromatic carbocycles. The molecule has 1 aromatic rings. The second-order valence-electron chi connectivity index (χ2n) is 5.59. The van der Waals surface area contributed by atoms with Crippen molar-refractivity contribution in [3.8, 4) is 0 Å². The lowest BCUT2D eigenvalue weighted by Gasteiger charge is -2.32. The van der Waals surface area contributed by atoms with Crippen molar-refractivity contribution in [1.29, 1.82) is 0 Å². The molecule has 0 amide bonds. The molecule has 0 radical (unpaired) electrons. The molecule has 2 fully saturated rings. The third kappa shape index (κ3) is 4.03. The minimum atomic E-state index is 0.489. The maximum absolute atomic E-state index is 5.83. The standard InChI is InChI=1S/C16H23NO2/c1-2-4-14(5-3-1)13-18-10-8-17-9-11-19-16(12-17)15-6-7-15/h1-5,15-16H,6-13H2/t16-/m0/s1. The second-order valence-corrected chi connectivity index (χ2v) is 5.59. The molecule has 0 bridgehead atoms. The fourth-order valence-electron chi connectivity index (χ4n) is 2.65. The smallest absolute Gasteiger partial charge is 0.0730 e. The van der Waals surface area contributed by atoms with E-state index in [0.717, 1.165) is 45.4 Å². The Morgan fingerprint density at radius 3 is 2.84 bits per heavy atom. The van der Waals surface area contributed by atoms with Gasteiger partial charge in [0.1, 0.15) is 0 Å². The van der Waals surface area contributed by atoms with Crippen LogP contribution in [0.5, 0.6) is 0 Å². The van der Waals surface area contributed by atoms with Crippen LogP contribution >= 0.6 is 0 Å². The molecule has 0 spiro atoms. The Bertz CT molecular complexity index is 378. The molecular weight excluding hydrogens is 238 g/mol. The van der Waals surface area contributed by atoms with E-state index in [1.807, 2.05) is 6.07 Å². The summed E-state index contributed by atoms with van der Waals surface area (Å²) in [5.74, 6) is 0.841. The largest absolute Gasteiger partial charge is 0.375 e. The zero-order valence-corrected chi connectivity index (χ0v) is 11.5. The molecule has 1 atom stereocenters.